The van der Waals surface area contributed by atoms with Crippen molar-refractivity contribution in [3.8, 4) is 0 Å². The Bertz CT molecular complexity index is 559. The van der Waals surface area contributed by atoms with Gasteiger partial charge in [-0.05, 0) is 38.5 Å². The molecule has 1 saturated heterocycles. The standard InChI is InChI=1S/C16H27N5.HI/c1-12-14(13(2)20(4)19-12)10-18-15(17-3)21-9-8-16(11-21)6-5-7-16;/h5-11H2,1-4H3,(H,17,18);1H. The van der Waals surface area contributed by atoms with Crippen molar-refractivity contribution >= 4 is 29.9 Å². The lowest BCUT2D eigenvalue weighted by Gasteiger charge is -2.38. The van der Waals surface area contributed by atoms with Gasteiger partial charge in [0.2, 0.25) is 0 Å². The highest BCUT2D eigenvalue weighted by Gasteiger charge is 2.43. The molecule has 0 radical (unpaired) electrons. The van der Waals surface area contributed by atoms with Crippen LogP contribution in [0.15, 0.2) is 4.99 Å². The number of nitrogens with zero attached hydrogens (tertiary/aromatic N) is 4. The number of hydrogen-bond donors (Lipinski definition) is 1. The lowest BCUT2D eigenvalue weighted by molar-refractivity contribution is 0.151. The summed E-state index contributed by atoms with van der Waals surface area (Å²) in [4.78, 5) is 6.91. The first-order chi connectivity index (χ1) is 10.0. The maximum Gasteiger partial charge on any atom is 0.193 e. The van der Waals surface area contributed by atoms with E-state index in [0.717, 1.165) is 24.7 Å². The molecule has 1 aliphatic carbocycles. The van der Waals surface area contributed by atoms with Gasteiger partial charge >= 0.3 is 0 Å². The molecule has 0 amide bonds. The Kier molecular flexibility index (Phi) is 5.40. The van der Waals surface area contributed by atoms with E-state index in [1.807, 2.05) is 18.8 Å². The van der Waals surface area contributed by atoms with Gasteiger partial charge < -0.3 is 10.2 Å². The van der Waals surface area contributed by atoms with Gasteiger partial charge in [0.1, 0.15) is 0 Å². The lowest BCUT2D eigenvalue weighted by Crippen LogP contribution is -2.42. The molecule has 0 unspecified atom stereocenters. The van der Waals surface area contributed by atoms with Crippen molar-refractivity contribution in [1.82, 2.24) is 20.0 Å². The Hall–Kier alpha value is -0.790. The summed E-state index contributed by atoms with van der Waals surface area (Å²) in [5.41, 5.74) is 4.23. The molecule has 0 bridgehead atoms. The largest absolute Gasteiger partial charge is 0.352 e. The Balaban J connectivity index is 0.00000176. The molecule has 1 aromatic heterocycles. The van der Waals surface area contributed by atoms with Crippen LogP contribution in [0.1, 0.15) is 42.6 Å². The molecule has 0 aromatic carbocycles. The number of guanidine groups is 1. The number of aliphatic imine (C=N–C) groups is 1. The van der Waals surface area contributed by atoms with Crippen LogP contribution < -0.4 is 5.32 Å². The Labute approximate surface area is 150 Å². The van der Waals surface area contributed by atoms with Gasteiger partial charge in [-0.15, -0.1) is 24.0 Å². The van der Waals surface area contributed by atoms with Crippen molar-refractivity contribution in [3.63, 3.8) is 0 Å². The van der Waals surface area contributed by atoms with Crippen LogP contribution in [0.5, 0.6) is 0 Å². The van der Waals surface area contributed by atoms with Crippen LogP contribution in [0.4, 0.5) is 0 Å². The minimum absolute atomic E-state index is 0. The molecule has 5 nitrogen and oxygen atoms in total. The number of hydrogen-bond acceptors (Lipinski definition) is 2. The number of aromatic nitrogens is 2. The molecular formula is C16H28IN5. The molecule has 1 aromatic rings. The third kappa shape index (κ3) is 3.12. The first-order valence-corrected chi connectivity index (χ1v) is 7.99. The van der Waals surface area contributed by atoms with E-state index in [-0.39, 0.29) is 24.0 Å². The van der Waals surface area contributed by atoms with E-state index >= 15 is 0 Å². The van der Waals surface area contributed by atoms with Crippen molar-refractivity contribution in [3.05, 3.63) is 17.0 Å². The molecule has 3 rings (SSSR count). The second-order valence-corrected chi connectivity index (χ2v) is 6.70. The first-order valence-electron chi connectivity index (χ1n) is 7.99. The number of aryl methyl sites for hydroxylation is 2. The number of halogens is 1. The topological polar surface area (TPSA) is 45.5 Å². The van der Waals surface area contributed by atoms with E-state index in [1.165, 1.54) is 43.5 Å². The molecule has 1 spiro atoms. The molecule has 1 N–H and O–H groups in total. The predicted molar refractivity (Wildman–Crippen MR) is 101 cm³/mol. The van der Waals surface area contributed by atoms with Gasteiger partial charge in [-0.1, -0.05) is 6.42 Å². The van der Waals surface area contributed by atoms with Gasteiger partial charge in [-0.3, -0.25) is 9.67 Å². The van der Waals surface area contributed by atoms with E-state index in [1.54, 1.807) is 0 Å². The zero-order valence-corrected chi connectivity index (χ0v) is 16.5. The Morgan fingerprint density at radius 1 is 1.32 bits per heavy atom. The normalized spacial score (nSPS) is 20.0. The molecule has 0 atom stereocenters. The third-order valence-corrected chi connectivity index (χ3v) is 5.45. The Morgan fingerprint density at radius 3 is 2.50 bits per heavy atom. The van der Waals surface area contributed by atoms with Crippen LogP contribution in [-0.4, -0.2) is 40.8 Å². The minimum atomic E-state index is 0. The molecule has 2 aliphatic rings. The van der Waals surface area contributed by atoms with E-state index in [4.69, 9.17) is 0 Å². The zero-order valence-electron chi connectivity index (χ0n) is 14.1. The zero-order chi connectivity index (χ0) is 15.0. The SMILES string of the molecule is CN=C(NCc1c(C)nn(C)c1C)N1CCC2(CCC2)C1.I. The highest BCUT2D eigenvalue weighted by atomic mass is 127. The van der Waals surface area contributed by atoms with Crippen LogP contribution >= 0.6 is 24.0 Å². The van der Waals surface area contributed by atoms with Crippen LogP contribution in [0.3, 0.4) is 0 Å². The summed E-state index contributed by atoms with van der Waals surface area (Å²) in [5.74, 6) is 1.04. The van der Waals surface area contributed by atoms with Gasteiger partial charge in [0.05, 0.1) is 5.69 Å². The second kappa shape index (κ2) is 6.76. The molecule has 6 heteroatoms. The average Bonchev–Trinajstić information content (AvgIpc) is 2.96. The smallest absolute Gasteiger partial charge is 0.193 e. The van der Waals surface area contributed by atoms with Gasteiger partial charge in [-0.25, -0.2) is 0 Å². The summed E-state index contributed by atoms with van der Waals surface area (Å²) in [5, 5.41) is 8.01. The summed E-state index contributed by atoms with van der Waals surface area (Å²) in [6.07, 6.45) is 5.55. The molecule has 1 saturated carbocycles. The van der Waals surface area contributed by atoms with Crippen LogP contribution in [0, 0.1) is 19.3 Å². The van der Waals surface area contributed by atoms with Crippen LogP contribution in [-0.2, 0) is 13.6 Å². The molecule has 2 fully saturated rings. The molecule has 124 valence electrons. The highest BCUT2D eigenvalue weighted by molar-refractivity contribution is 14.0. The van der Waals surface area contributed by atoms with Crippen LogP contribution in [0.2, 0.25) is 0 Å². The van der Waals surface area contributed by atoms with E-state index in [0.29, 0.717) is 5.41 Å². The fourth-order valence-electron chi connectivity index (χ4n) is 3.77. The van der Waals surface area contributed by atoms with Crippen molar-refractivity contribution in [2.45, 2.75) is 46.1 Å². The van der Waals surface area contributed by atoms with Crippen molar-refractivity contribution in [1.29, 1.82) is 0 Å². The predicted octanol–water partition coefficient (Wildman–Crippen LogP) is 2.61. The van der Waals surface area contributed by atoms with E-state index < -0.39 is 0 Å². The third-order valence-electron chi connectivity index (χ3n) is 5.45. The fraction of sp³-hybridized carbons (Fsp3) is 0.750. The van der Waals surface area contributed by atoms with Crippen molar-refractivity contribution < 1.29 is 0 Å². The lowest BCUT2D eigenvalue weighted by atomic mass is 9.68. The number of rotatable bonds is 2. The summed E-state index contributed by atoms with van der Waals surface area (Å²) >= 11 is 0. The highest BCUT2D eigenvalue weighted by Crippen LogP contribution is 2.47. The maximum absolute atomic E-state index is 4.48. The monoisotopic (exact) mass is 417 g/mol. The summed E-state index contributed by atoms with van der Waals surface area (Å²) in [6.45, 7) is 7.33. The van der Waals surface area contributed by atoms with Crippen molar-refractivity contribution in [2.75, 3.05) is 20.1 Å². The summed E-state index contributed by atoms with van der Waals surface area (Å²) in [6, 6.07) is 0. The van der Waals surface area contributed by atoms with Crippen LogP contribution in [0.25, 0.3) is 0 Å². The fourth-order valence-corrected chi connectivity index (χ4v) is 3.77. The maximum atomic E-state index is 4.48. The van der Waals surface area contributed by atoms with Gasteiger partial charge in [-0.2, -0.15) is 5.10 Å². The summed E-state index contributed by atoms with van der Waals surface area (Å²) in [7, 11) is 3.89. The number of likely N-dealkylation sites (tertiary alicyclic amines) is 1. The molecule has 2 heterocycles. The quantitative estimate of drug-likeness (QED) is 0.457. The van der Waals surface area contributed by atoms with Gasteiger partial charge in [0.15, 0.2) is 5.96 Å². The number of nitrogens with one attached hydrogen (secondary N) is 1. The van der Waals surface area contributed by atoms with Gasteiger partial charge in [0, 0.05) is 45.0 Å². The van der Waals surface area contributed by atoms with Crippen molar-refractivity contribution in [2.24, 2.45) is 17.5 Å². The molecule has 1 aliphatic heterocycles. The second-order valence-electron chi connectivity index (χ2n) is 6.70. The van der Waals surface area contributed by atoms with Gasteiger partial charge in [0.25, 0.3) is 0 Å². The molecule has 22 heavy (non-hydrogen) atoms. The minimum Gasteiger partial charge on any atom is -0.352 e. The Morgan fingerprint density at radius 2 is 2.05 bits per heavy atom. The van der Waals surface area contributed by atoms with E-state index in [9.17, 15) is 0 Å². The summed E-state index contributed by atoms with van der Waals surface area (Å²) < 4.78 is 1.95. The average molecular weight is 417 g/mol. The first kappa shape index (κ1) is 17.6. The molecular weight excluding hydrogens is 389 g/mol. The van der Waals surface area contributed by atoms with E-state index in [2.05, 4.69) is 34.2 Å².